The minimum Gasteiger partial charge on any atom is -0.375 e. The van der Waals surface area contributed by atoms with Gasteiger partial charge in [0.2, 0.25) is 0 Å². The summed E-state index contributed by atoms with van der Waals surface area (Å²) in [6.07, 6.45) is 9.70. The summed E-state index contributed by atoms with van der Waals surface area (Å²) in [4.78, 5) is 0. The van der Waals surface area contributed by atoms with Crippen LogP contribution in [-0.2, 0) is 4.74 Å². The molecule has 0 aromatic rings. The summed E-state index contributed by atoms with van der Waals surface area (Å²) in [5.74, 6) is 1.49. The Morgan fingerprint density at radius 3 is 2.93 bits per heavy atom. The van der Waals surface area contributed by atoms with Gasteiger partial charge in [0, 0.05) is 12.5 Å². The zero-order valence-corrected chi connectivity index (χ0v) is 10.4. The van der Waals surface area contributed by atoms with Crippen molar-refractivity contribution in [3.05, 3.63) is 11.6 Å². The molecule has 0 bridgehead atoms. The first-order valence-corrected chi connectivity index (χ1v) is 6.66. The summed E-state index contributed by atoms with van der Waals surface area (Å²) in [5, 5.41) is 0. The maximum absolute atomic E-state index is 5.93. The molecule has 1 unspecified atom stereocenters. The fourth-order valence-electron chi connectivity index (χ4n) is 2.78. The number of hydrogen-bond acceptors (Lipinski definition) is 1. The van der Waals surface area contributed by atoms with Gasteiger partial charge in [-0.15, -0.1) is 11.6 Å². The van der Waals surface area contributed by atoms with E-state index in [0.717, 1.165) is 24.8 Å². The predicted octanol–water partition coefficient (Wildman–Crippen LogP) is 3.91. The molecule has 1 nitrogen and oxygen atoms in total. The zero-order chi connectivity index (χ0) is 10.7. The molecule has 0 radical (unpaired) electrons. The van der Waals surface area contributed by atoms with Gasteiger partial charge in [-0.2, -0.15) is 0 Å². The fourth-order valence-corrected chi connectivity index (χ4v) is 2.89. The molecule has 0 N–H and O–H groups in total. The number of hydrogen-bond donors (Lipinski definition) is 0. The normalized spacial score (nSPS) is 30.3. The third-order valence-electron chi connectivity index (χ3n) is 3.98. The van der Waals surface area contributed by atoms with Crippen molar-refractivity contribution in [2.24, 2.45) is 5.92 Å². The first-order valence-electron chi connectivity index (χ1n) is 6.12. The summed E-state index contributed by atoms with van der Waals surface area (Å²) in [6.45, 7) is 3.21. The Labute approximate surface area is 97.8 Å². The molecule has 1 saturated carbocycles. The van der Waals surface area contributed by atoms with Gasteiger partial charge in [0.25, 0.3) is 0 Å². The van der Waals surface area contributed by atoms with Gasteiger partial charge >= 0.3 is 0 Å². The van der Waals surface area contributed by atoms with E-state index in [1.165, 1.54) is 37.7 Å². The van der Waals surface area contributed by atoms with Crippen LogP contribution in [0.25, 0.3) is 0 Å². The van der Waals surface area contributed by atoms with E-state index < -0.39 is 0 Å². The molecule has 15 heavy (non-hydrogen) atoms. The van der Waals surface area contributed by atoms with Crippen LogP contribution in [0.2, 0.25) is 0 Å². The van der Waals surface area contributed by atoms with Crippen molar-refractivity contribution in [2.75, 3.05) is 12.5 Å². The summed E-state index contributed by atoms with van der Waals surface area (Å²) < 4.78 is 5.93. The Balaban J connectivity index is 1.92. The van der Waals surface area contributed by atoms with E-state index in [4.69, 9.17) is 16.3 Å². The van der Waals surface area contributed by atoms with Crippen LogP contribution in [0.5, 0.6) is 0 Å². The van der Waals surface area contributed by atoms with E-state index in [0.29, 0.717) is 0 Å². The highest BCUT2D eigenvalue weighted by Crippen LogP contribution is 2.45. The zero-order valence-electron chi connectivity index (χ0n) is 9.60. The molecule has 2 heteroatoms. The van der Waals surface area contributed by atoms with Crippen LogP contribution >= 0.6 is 11.6 Å². The number of halogens is 1. The molecule has 1 saturated heterocycles. The molecule has 1 aliphatic heterocycles. The molecule has 1 heterocycles. The lowest BCUT2D eigenvalue weighted by molar-refractivity contribution is -0.138. The second-order valence-electron chi connectivity index (χ2n) is 5.00. The van der Waals surface area contributed by atoms with Crippen molar-refractivity contribution >= 4 is 11.6 Å². The topological polar surface area (TPSA) is 9.23 Å². The van der Waals surface area contributed by atoms with E-state index in [1.807, 2.05) is 0 Å². The minimum atomic E-state index is 0.277. The number of alkyl halides is 1. The van der Waals surface area contributed by atoms with Gasteiger partial charge in [0.1, 0.15) is 0 Å². The number of rotatable bonds is 3. The van der Waals surface area contributed by atoms with Gasteiger partial charge in [-0.25, -0.2) is 0 Å². The van der Waals surface area contributed by atoms with E-state index in [2.05, 4.69) is 13.0 Å². The molecule has 1 atom stereocenters. The van der Waals surface area contributed by atoms with E-state index >= 15 is 0 Å². The lowest BCUT2D eigenvalue weighted by atomic mass is 9.70. The molecule has 86 valence electrons. The van der Waals surface area contributed by atoms with E-state index in [-0.39, 0.29) is 5.60 Å². The molecule has 1 aliphatic carbocycles. The Kier molecular flexibility index (Phi) is 3.73. The molecule has 0 aromatic carbocycles. The summed E-state index contributed by atoms with van der Waals surface area (Å²) >= 11 is 5.71. The van der Waals surface area contributed by atoms with Crippen molar-refractivity contribution < 1.29 is 4.74 Å². The standard InChI is InChI=1S/C13H21ClO/c1-11(4-2-8-14)12-5-9-15-13(10-12)6-3-7-13/h4,12H,2-3,5-10H2,1H3/b11-4+. The quantitative estimate of drug-likeness (QED) is 0.526. The van der Waals surface area contributed by atoms with Crippen molar-refractivity contribution in [2.45, 2.75) is 51.0 Å². The Morgan fingerprint density at radius 1 is 1.53 bits per heavy atom. The first-order chi connectivity index (χ1) is 7.26. The highest BCUT2D eigenvalue weighted by Gasteiger charge is 2.42. The molecular formula is C13H21ClO. The number of ether oxygens (including phenoxy) is 1. The average molecular weight is 229 g/mol. The average Bonchev–Trinajstić information content (AvgIpc) is 2.24. The van der Waals surface area contributed by atoms with Crippen molar-refractivity contribution in [3.8, 4) is 0 Å². The van der Waals surface area contributed by atoms with Crippen LogP contribution in [0.4, 0.5) is 0 Å². The third kappa shape index (κ3) is 2.57. The van der Waals surface area contributed by atoms with Crippen LogP contribution in [0.15, 0.2) is 11.6 Å². The Hall–Kier alpha value is -0.0100. The maximum atomic E-state index is 5.93. The van der Waals surface area contributed by atoms with Crippen LogP contribution < -0.4 is 0 Å². The van der Waals surface area contributed by atoms with Crippen LogP contribution in [-0.4, -0.2) is 18.1 Å². The highest BCUT2D eigenvalue weighted by atomic mass is 35.5. The van der Waals surface area contributed by atoms with Crippen LogP contribution in [0, 0.1) is 5.92 Å². The largest absolute Gasteiger partial charge is 0.375 e. The predicted molar refractivity (Wildman–Crippen MR) is 64.4 cm³/mol. The van der Waals surface area contributed by atoms with E-state index in [9.17, 15) is 0 Å². The van der Waals surface area contributed by atoms with Crippen molar-refractivity contribution in [1.29, 1.82) is 0 Å². The van der Waals surface area contributed by atoms with Gasteiger partial charge in [-0.1, -0.05) is 11.6 Å². The summed E-state index contributed by atoms with van der Waals surface area (Å²) in [5.41, 5.74) is 1.81. The molecule has 2 fully saturated rings. The molecular weight excluding hydrogens is 208 g/mol. The first kappa shape index (κ1) is 11.5. The second kappa shape index (κ2) is 4.88. The molecule has 2 aliphatic rings. The molecule has 0 aromatic heterocycles. The smallest absolute Gasteiger partial charge is 0.0688 e. The second-order valence-corrected chi connectivity index (χ2v) is 5.38. The lowest BCUT2D eigenvalue weighted by Crippen LogP contribution is -2.45. The maximum Gasteiger partial charge on any atom is 0.0688 e. The van der Waals surface area contributed by atoms with Gasteiger partial charge in [0.05, 0.1) is 5.60 Å². The van der Waals surface area contributed by atoms with Gasteiger partial charge < -0.3 is 4.74 Å². The Morgan fingerprint density at radius 2 is 2.33 bits per heavy atom. The van der Waals surface area contributed by atoms with Crippen LogP contribution in [0.3, 0.4) is 0 Å². The van der Waals surface area contributed by atoms with Gasteiger partial charge in [0.15, 0.2) is 0 Å². The fraction of sp³-hybridized carbons (Fsp3) is 0.846. The van der Waals surface area contributed by atoms with Crippen molar-refractivity contribution in [1.82, 2.24) is 0 Å². The SMILES string of the molecule is C/C(=C\CCCl)C1CCOC2(CCC2)C1. The van der Waals surface area contributed by atoms with E-state index in [1.54, 1.807) is 0 Å². The minimum absolute atomic E-state index is 0.277. The molecule has 2 rings (SSSR count). The van der Waals surface area contributed by atoms with Gasteiger partial charge in [-0.05, 0) is 51.4 Å². The Bertz CT molecular complexity index is 243. The summed E-state index contributed by atoms with van der Waals surface area (Å²) in [7, 11) is 0. The lowest BCUT2D eigenvalue weighted by Gasteiger charge is -2.47. The van der Waals surface area contributed by atoms with Crippen molar-refractivity contribution in [3.63, 3.8) is 0 Å². The monoisotopic (exact) mass is 228 g/mol. The summed E-state index contributed by atoms with van der Waals surface area (Å²) in [6, 6.07) is 0. The third-order valence-corrected chi connectivity index (χ3v) is 4.20. The highest BCUT2D eigenvalue weighted by molar-refractivity contribution is 6.17. The molecule has 0 amide bonds. The molecule has 1 spiro atoms. The van der Waals surface area contributed by atoms with Gasteiger partial charge in [-0.3, -0.25) is 0 Å². The number of allylic oxidation sites excluding steroid dienone is 2. The van der Waals surface area contributed by atoms with Crippen LogP contribution in [0.1, 0.15) is 45.4 Å².